The molecule has 0 fully saturated rings. The summed E-state index contributed by atoms with van der Waals surface area (Å²) in [5.41, 5.74) is 1.79. The number of nitrogens with one attached hydrogen (secondary N) is 1. The number of nitrogens with zero attached hydrogens (tertiary/aromatic N) is 3. The van der Waals surface area contributed by atoms with E-state index in [-0.39, 0.29) is 37.0 Å². The Labute approximate surface area is 202 Å². The average molecular weight is 481 g/mol. The van der Waals surface area contributed by atoms with E-state index in [2.05, 4.69) is 15.5 Å². The molecule has 3 aromatic rings. The molecule has 0 saturated carbocycles. The fraction of sp³-hybridized carbons (Fsp3) is 0.360. The Kier molecular flexibility index (Phi) is 7.42. The first-order chi connectivity index (χ1) is 16.4. The van der Waals surface area contributed by atoms with Crippen LogP contribution in [-0.2, 0) is 9.59 Å². The second-order valence-corrected chi connectivity index (χ2v) is 9.49. The fourth-order valence-electron chi connectivity index (χ4n) is 3.88. The number of carbonyl (C=O) groups is 2. The minimum atomic E-state index is -0.301. The van der Waals surface area contributed by atoms with Crippen molar-refractivity contribution < 1.29 is 19.1 Å². The summed E-state index contributed by atoms with van der Waals surface area (Å²) in [5.74, 6) is 0.944. The van der Waals surface area contributed by atoms with Crippen molar-refractivity contribution in [1.29, 1.82) is 0 Å². The second kappa shape index (κ2) is 10.6. The van der Waals surface area contributed by atoms with Gasteiger partial charge in [0.1, 0.15) is 5.01 Å². The van der Waals surface area contributed by atoms with Crippen LogP contribution in [0.15, 0.2) is 48.5 Å². The van der Waals surface area contributed by atoms with Gasteiger partial charge in [0.2, 0.25) is 23.7 Å². The summed E-state index contributed by atoms with van der Waals surface area (Å²) in [5, 5.41) is 12.1. The molecule has 2 amide bonds. The van der Waals surface area contributed by atoms with Crippen molar-refractivity contribution in [1.82, 2.24) is 15.1 Å². The van der Waals surface area contributed by atoms with Crippen molar-refractivity contribution in [3.05, 3.63) is 54.1 Å². The monoisotopic (exact) mass is 480 g/mol. The quantitative estimate of drug-likeness (QED) is 0.483. The Morgan fingerprint density at radius 2 is 1.85 bits per heavy atom. The van der Waals surface area contributed by atoms with Gasteiger partial charge in [0, 0.05) is 12.1 Å². The van der Waals surface area contributed by atoms with Gasteiger partial charge in [0.15, 0.2) is 11.5 Å². The SMILES string of the molecule is CCC(C(=O)N(CC(=O)Nc1nnc(-c2ccc3c(c2)OCO3)s1)CC(C)C)c1ccccc1. The number of anilines is 1. The van der Waals surface area contributed by atoms with Gasteiger partial charge in [-0.25, -0.2) is 0 Å². The van der Waals surface area contributed by atoms with Crippen LogP contribution in [0.5, 0.6) is 11.5 Å². The van der Waals surface area contributed by atoms with E-state index >= 15 is 0 Å². The Bertz CT molecular complexity index is 1150. The molecular formula is C25H28N4O4S. The Morgan fingerprint density at radius 1 is 1.09 bits per heavy atom. The number of amides is 2. The van der Waals surface area contributed by atoms with Crippen LogP contribution in [0.3, 0.4) is 0 Å². The van der Waals surface area contributed by atoms with Crippen LogP contribution in [0.1, 0.15) is 38.7 Å². The number of benzene rings is 2. The number of ether oxygens (including phenoxy) is 2. The van der Waals surface area contributed by atoms with E-state index in [9.17, 15) is 9.59 Å². The summed E-state index contributed by atoms with van der Waals surface area (Å²) in [6.45, 7) is 6.70. The van der Waals surface area contributed by atoms with E-state index in [0.29, 0.717) is 34.6 Å². The van der Waals surface area contributed by atoms with Gasteiger partial charge in [-0.2, -0.15) is 0 Å². The maximum atomic E-state index is 13.4. The number of hydrogen-bond acceptors (Lipinski definition) is 7. The first kappa shape index (κ1) is 23.7. The highest BCUT2D eigenvalue weighted by atomic mass is 32.1. The van der Waals surface area contributed by atoms with E-state index in [1.165, 1.54) is 11.3 Å². The number of hydrogen-bond donors (Lipinski definition) is 1. The van der Waals surface area contributed by atoms with Crippen molar-refractivity contribution in [2.45, 2.75) is 33.1 Å². The van der Waals surface area contributed by atoms with E-state index in [0.717, 1.165) is 11.1 Å². The van der Waals surface area contributed by atoms with E-state index in [1.807, 2.05) is 69.3 Å². The molecule has 1 aromatic heterocycles. The third-order valence-corrected chi connectivity index (χ3v) is 6.32. The molecule has 178 valence electrons. The topological polar surface area (TPSA) is 93.7 Å². The molecular weight excluding hydrogens is 452 g/mol. The summed E-state index contributed by atoms with van der Waals surface area (Å²) in [6, 6.07) is 15.2. The first-order valence-corrected chi connectivity index (χ1v) is 12.1. The predicted molar refractivity (Wildman–Crippen MR) is 131 cm³/mol. The molecule has 4 rings (SSSR count). The van der Waals surface area contributed by atoms with Gasteiger partial charge in [0.25, 0.3) is 0 Å². The number of fused-ring (bicyclic) bond motifs is 1. The normalized spacial score (nSPS) is 13.1. The summed E-state index contributed by atoms with van der Waals surface area (Å²) < 4.78 is 10.8. The van der Waals surface area contributed by atoms with Crippen LogP contribution < -0.4 is 14.8 Å². The number of rotatable bonds is 9. The third kappa shape index (κ3) is 5.53. The van der Waals surface area contributed by atoms with Crippen molar-refractivity contribution >= 4 is 28.3 Å². The molecule has 0 spiro atoms. The molecule has 0 saturated heterocycles. The lowest BCUT2D eigenvalue weighted by Crippen LogP contribution is -2.42. The first-order valence-electron chi connectivity index (χ1n) is 11.3. The maximum absolute atomic E-state index is 13.4. The maximum Gasteiger partial charge on any atom is 0.245 e. The van der Waals surface area contributed by atoms with Gasteiger partial charge < -0.3 is 14.4 Å². The standard InChI is InChI=1S/C25H28N4O4S/c1-4-19(17-8-6-5-7-9-17)24(31)29(13-16(2)3)14-22(30)26-25-28-27-23(34-25)18-10-11-20-21(12-18)33-15-32-20/h5-12,16,19H,4,13-15H2,1-3H3,(H,26,28,30). The zero-order valence-electron chi connectivity index (χ0n) is 19.5. The molecule has 0 radical (unpaired) electrons. The molecule has 1 unspecified atom stereocenters. The molecule has 2 aromatic carbocycles. The predicted octanol–water partition coefficient (Wildman–Crippen LogP) is 4.55. The fourth-order valence-corrected chi connectivity index (χ4v) is 4.64. The second-order valence-electron chi connectivity index (χ2n) is 8.51. The lowest BCUT2D eigenvalue weighted by atomic mass is 9.94. The number of carbonyl (C=O) groups excluding carboxylic acids is 2. The zero-order chi connectivity index (χ0) is 24.1. The van der Waals surface area contributed by atoms with Crippen molar-refractivity contribution in [3.8, 4) is 22.1 Å². The highest BCUT2D eigenvalue weighted by Crippen LogP contribution is 2.37. The van der Waals surface area contributed by atoms with Gasteiger partial charge in [-0.3, -0.25) is 14.9 Å². The molecule has 9 heteroatoms. The highest BCUT2D eigenvalue weighted by molar-refractivity contribution is 7.18. The van der Waals surface area contributed by atoms with Gasteiger partial charge in [0.05, 0.1) is 12.5 Å². The minimum absolute atomic E-state index is 0.0424. The van der Waals surface area contributed by atoms with E-state index < -0.39 is 0 Å². The molecule has 1 atom stereocenters. The lowest BCUT2D eigenvalue weighted by Gasteiger charge is -2.28. The van der Waals surface area contributed by atoms with Crippen molar-refractivity contribution in [2.75, 3.05) is 25.2 Å². The molecule has 34 heavy (non-hydrogen) atoms. The van der Waals surface area contributed by atoms with Gasteiger partial charge >= 0.3 is 0 Å². The van der Waals surface area contributed by atoms with Gasteiger partial charge in [-0.15, -0.1) is 10.2 Å². The molecule has 8 nitrogen and oxygen atoms in total. The van der Waals surface area contributed by atoms with E-state index in [4.69, 9.17) is 9.47 Å². The minimum Gasteiger partial charge on any atom is -0.454 e. The molecule has 0 bridgehead atoms. The van der Waals surface area contributed by atoms with Gasteiger partial charge in [-0.1, -0.05) is 62.4 Å². The Balaban J connectivity index is 1.44. The smallest absolute Gasteiger partial charge is 0.245 e. The van der Waals surface area contributed by atoms with Crippen LogP contribution >= 0.6 is 11.3 Å². The average Bonchev–Trinajstić information content (AvgIpc) is 3.48. The Hall–Kier alpha value is -3.46. The summed E-state index contributed by atoms with van der Waals surface area (Å²) in [4.78, 5) is 27.9. The van der Waals surface area contributed by atoms with Crippen LogP contribution in [0, 0.1) is 5.92 Å². The van der Waals surface area contributed by atoms with Crippen molar-refractivity contribution in [3.63, 3.8) is 0 Å². The van der Waals surface area contributed by atoms with Crippen LogP contribution in [-0.4, -0.2) is 46.8 Å². The lowest BCUT2D eigenvalue weighted by molar-refractivity contribution is -0.136. The molecule has 1 aliphatic rings. The van der Waals surface area contributed by atoms with E-state index in [1.54, 1.807) is 4.90 Å². The summed E-state index contributed by atoms with van der Waals surface area (Å²) >= 11 is 1.26. The number of aromatic nitrogens is 2. The zero-order valence-corrected chi connectivity index (χ0v) is 20.3. The molecule has 1 N–H and O–H groups in total. The molecule has 1 aliphatic heterocycles. The van der Waals surface area contributed by atoms with Crippen LogP contribution in [0.4, 0.5) is 5.13 Å². The van der Waals surface area contributed by atoms with Crippen LogP contribution in [0.25, 0.3) is 10.6 Å². The van der Waals surface area contributed by atoms with Crippen molar-refractivity contribution in [2.24, 2.45) is 5.92 Å². The highest BCUT2D eigenvalue weighted by Gasteiger charge is 2.27. The third-order valence-electron chi connectivity index (χ3n) is 5.43. The Morgan fingerprint density at radius 3 is 2.59 bits per heavy atom. The summed E-state index contributed by atoms with van der Waals surface area (Å²) in [7, 11) is 0. The summed E-state index contributed by atoms with van der Waals surface area (Å²) in [6.07, 6.45) is 0.661. The largest absolute Gasteiger partial charge is 0.454 e. The van der Waals surface area contributed by atoms with Gasteiger partial charge in [-0.05, 0) is 36.1 Å². The van der Waals surface area contributed by atoms with Crippen LogP contribution in [0.2, 0.25) is 0 Å². The molecule has 2 heterocycles. The molecule has 0 aliphatic carbocycles.